The molecule has 160 valence electrons. The van der Waals surface area contributed by atoms with Crippen molar-refractivity contribution in [2.24, 2.45) is 5.73 Å². The van der Waals surface area contributed by atoms with E-state index in [1.165, 1.54) is 0 Å². The van der Waals surface area contributed by atoms with Crippen LogP contribution in [0.1, 0.15) is 12.8 Å². The number of rotatable bonds is 10. The molecule has 30 heavy (non-hydrogen) atoms. The SMILES string of the molecule is NC1=CCCC=C1OCCOc1cc(OCCOc2ccccc2N)c(N)cc1N. The summed E-state index contributed by atoms with van der Waals surface area (Å²) in [5.41, 5.74) is 25.8. The molecule has 0 heterocycles. The molecule has 1 aliphatic carbocycles. The predicted molar refractivity (Wildman–Crippen MR) is 118 cm³/mol. The molecule has 0 saturated heterocycles. The van der Waals surface area contributed by atoms with Gasteiger partial charge in [0.25, 0.3) is 0 Å². The summed E-state index contributed by atoms with van der Waals surface area (Å²) in [6.07, 6.45) is 5.78. The Labute approximate surface area is 176 Å². The monoisotopic (exact) mass is 412 g/mol. The van der Waals surface area contributed by atoms with Crippen LogP contribution < -0.4 is 37.1 Å². The third kappa shape index (κ3) is 5.66. The van der Waals surface area contributed by atoms with Crippen LogP contribution in [0.3, 0.4) is 0 Å². The van der Waals surface area contributed by atoms with Gasteiger partial charge >= 0.3 is 0 Å². The first-order chi connectivity index (χ1) is 14.5. The van der Waals surface area contributed by atoms with Gasteiger partial charge in [-0.2, -0.15) is 0 Å². The Morgan fingerprint density at radius 2 is 1.17 bits per heavy atom. The van der Waals surface area contributed by atoms with Crippen molar-refractivity contribution in [1.29, 1.82) is 0 Å². The van der Waals surface area contributed by atoms with Gasteiger partial charge in [0.15, 0.2) is 0 Å². The fourth-order valence-electron chi connectivity index (χ4n) is 2.88. The molecule has 1 aliphatic rings. The van der Waals surface area contributed by atoms with Gasteiger partial charge in [0.2, 0.25) is 0 Å². The second-order valence-corrected chi connectivity index (χ2v) is 6.66. The normalized spacial score (nSPS) is 13.2. The first-order valence-corrected chi connectivity index (χ1v) is 9.75. The molecule has 0 bridgehead atoms. The van der Waals surface area contributed by atoms with Crippen molar-refractivity contribution in [2.45, 2.75) is 12.8 Å². The van der Waals surface area contributed by atoms with Crippen LogP contribution in [0.4, 0.5) is 17.1 Å². The molecule has 8 nitrogen and oxygen atoms in total. The highest BCUT2D eigenvalue weighted by Gasteiger charge is 2.10. The van der Waals surface area contributed by atoms with Gasteiger partial charge in [0, 0.05) is 6.07 Å². The fourth-order valence-corrected chi connectivity index (χ4v) is 2.88. The zero-order chi connectivity index (χ0) is 21.3. The van der Waals surface area contributed by atoms with Gasteiger partial charge < -0.3 is 41.9 Å². The molecule has 0 radical (unpaired) electrons. The van der Waals surface area contributed by atoms with E-state index in [-0.39, 0.29) is 6.61 Å². The number of benzene rings is 2. The number of nitrogens with two attached hydrogens (primary N) is 4. The summed E-state index contributed by atoms with van der Waals surface area (Å²) in [5.74, 6) is 2.24. The van der Waals surface area contributed by atoms with E-state index in [2.05, 4.69) is 0 Å². The maximum Gasteiger partial charge on any atom is 0.146 e. The number of hydrogen-bond acceptors (Lipinski definition) is 8. The Balaban J connectivity index is 1.48. The summed E-state index contributed by atoms with van der Waals surface area (Å²) in [5, 5.41) is 0. The summed E-state index contributed by atoms with van der Waals surface area (Å²) in [4.78, 5) is 0. The summed E-state index contributed by atoms with van der Waals surface area (Å²) in [7, 11) is 0. The van der Waals surface area contributed by atoms with Crippen molar-refractivity contribution < 1.29 is 18.9 Å². The average Bonchev–Trinajstić information content (AvgIpc) is 2.73. The van der Waals surface area contributed by atoms with Gasteiger partial charge in [0.1, 0.15) is 49.4 Å². The molecule has 0 spiro atoms. The van der Waals surface area contributed by atoms with Crippen LogP contribution in [-0.2, 0) is 4.74 Å². The van der Waals surface area contributed by atoms with E-state index in [4.69, 9.17) is 41.9 Å². The molecule has 0 aliphatic heterocycles. The van der Waals surface area contributed by atoms with Crippen LogP contribution in [0, 0.1) is 0 Å². The van der Waals surface area contributed by atoms with E-state index in [0.29, 0.717) is 65.6 Å². The first-order valence-electron chi connectivity index (χ1n) is 9.75. The molecule has 2 aromatic rings. The highest BCUT2D eigenvalue weighted by atomic mass is 16.5. The molecule has 0 atom stereocenters. The third-order valence-corrected chi connectivity index (χ3v) is 4.40. The van der Waals surface area contributed by atoms with Crippen LogP contribution in [-0.4, -0.2) is 26.4 Å². The van der Waals surface area contributed by atoms with E-state index >= 15 is 0 Å². The summed E-state index contributed by atoms with van der Waals surface area (Å²) in [6.45, 7) is 1.23. The molecule has 0 fully saturated rings. The Morgan fingerprint density at radius 3 is 1.80 bits per heavy atom. The maximum atomic E-state index is 6.00. The zero-order valence-electron chi connectivity index (χ0n) is 16.8. The molecular formula is C22H28N4O4. The smallest absolute Gasteiger partial charge is 0.146 e. The molecule has 0 saturated carbocycles. The quantitative estimate of drug-likeness (QED) is 0.345. The third-order valence-electron chi connectivity index (χ3n) is 4.40. The second kappa shape index (κ2) is 10.2. The minimum Gasteiger partial charge on any atom is -0.488 e. The molecular weight excluding hydrogens is 384 g/mol. The zero-order valence-corrected chi connectivity index (χ0v) is 16.8. The topological polar surface area (TPSA) is 141 Å². The first kappa shape index (κ1) is 21.0. The summed E-state index contributed by atoms with van der Waals surface area (Å²) in [6, 6.07) is 10.5. The van der Waals surface area contributed by atoms with Gasteiger partial charge in [-0.15, -0.1) is 0 Å². The molecule has 3 rings (SSSR count). The van der Waals surface area contributed by atoms with Crippen molar-refractivity contribution in [2.75, 3.05) is 43.6 Å². The van der Waals surface area contributed by atoms with Gasteiger partial charge in [-0.05, 0) is 37.1 Å². The summed E-state index contributed by atoms with van der Waals surface area (Å²) < 4.78 is 22.7. The number of ether oxygens (including phenoxy) is 4. The van der Waals surface area contributed by atoms with Crippen molar-refractivity contribution in [3.63, 3.8) is 0 Å². The highest BCUT2D eigenvalue weighted by Crippen LogP contribution is 2.33. The average molecular weight is 412 g/mol. The molecule has 2 aromatic carbocycles. The lowest BCUT2D eigenvalue weighted by atomic mass is 10.1. The predicted octanol–water partition coefficient (Wildman–Crippen LogP) is 2.81. The number of hydrogen-bond donors (Lipinski definition) is 4. The largest absolute Gasteiger partial charge is 0.488 e. The highest BCUT2D eigenvalue weighted by molar-refractivity contribution is 5.67. The Kier molecular flexibility index (Phi) is 7.15. The van der Waals surface area contributed by atoms with Gasteiger partial charge in [-0.1, -0.05) is 18.2 Å². The molecule has 0 amide bonds. The second-order valence-electron chi connectivity index (χ2n) is 6.66. The number of para-hydroxylation sites is 2. The van der Waals surface area contributed by atoms with Gasteiger partial charge in [-0.3, -0.25) is 0 Å². The van der Waals surface area contributed by atoms with Gasteiger partial charge in [0.05, 0.1) is 22.8 Å². The lowest BCUT2D eigenvalue weighted by Gasteiger charge is -2.16. The van der Waals surface area contributed by atoms with Gasteiger partial charge in [-0.25, -0.2) is 0 Å². The molecule has 8 N–H and O–H groups in total. The summed E-state index contributed by atoms with van der Waals surface area (Å²) >= 11 is 0. The number of nitrogen functional groups attached to an aromatic ring is 3. The lowest BCUT2D eigenvalue weighted by molar-refractivity contribution is 0.159. The Bertz CT molecular complexity index is 927. The molecule has 8 heteroatoms. The Morgan fingerprint density at radius 1 is 0.600 bits per heavy atom. The van der Waals surface area contributed by atoms with Crippen molar-refractivity contribution in [1.82, 2.24) is 0 Å². The molecule has 0 unspecified atom stereocenters. The van der Waals surface area contributed by atoms with Crippen LogP contribution in [0.25, 0.3) is 0 Å². The van der Waals surface area contributed by atoms with Crippen LogP contribution in [0.5, 0.6) is 17.2 Å². The van der Waals surface area contributed by atoms with E-state index in [1.807, 2.05) is 24.3 Å². The lowest BCUT2D eigenvalue weighted by Crippen LogP contribution is -2.13. The van der Waals surface area contributed by atoms with E-state index in [0.717, 1.165) is 12.8 Å². The fraction of sp³-hybridized carbons (Fsp3) is 0.273. The van der Waals surface area contributed by atoms with Crippen LogP contribution in [0.15, 0.2) is 60.0 Å². The minimum atomic E-state index is 0.283. The van der Waals surface area contributed by atoms with E-state index in [1.54, 1.807) is 24.3 Å². The van der Waals surface area contributed by atoms with E-state index < -0.39 is 0 Å². The van der Waals surface area contributed by atoms with E-state index in [9.17, 15) is 0 Å². The maximum absolute atomic E-state index is 6.00. The number of anilines is 3. The minimum absolute atomic E-state index is 0.283. The van der Waals surface area contributed by atoms with Crippen molar-refractivity contribution in [3.05, 3.63) is 60.0 Å². The number of allylic oxidation sites excluding steroid dienone is 2. The van der Waals surface area contributed by atoms with Crippen LogP contribution in [0.2, 0.25) is 0 Å². The van der Waals surface area contributed by atoms with Crippen molar-refractivity contribution >= 4 is 17.1 Å². The molecule has 0 aromatic heterocycles. The van der Waals surface area contributed by atoms with Crippen LogP contribution >= 0.6 is 0 Å². The Hall–Kier alpha value is -3.68. The standard InChI is InChI=1S/C22H28N4O4/c23-15-5-1-3-7-19(15)27-9-11-29-21-14-22(18(26)13-17(21)25)30-12-10-28-20-8-4-2-6-16(20)24/h1,3,5-8,13-14H,2,4,9-12,23-26H2. The van der Waals surface area contributed by atoms with Crippen molar-refractivity contribution in [3.8, 4) is 17.2 Å².